The van der Waals surface area contributed by atoms with E-state index in [-0.39, 0.29) is 12.1 Å². The zero-order valence-electron chi connectivity index (χ0n) is 10.5. The van der Waals surface area contributed by atoms with Crippen LogP contribution in [-0.4, -0.2) is 17.6 Å². The van der Waals surface area contributed by atoms with Gasteiger partial charge in [-0.25, -0.2) is 4.79 Å². The monoisotopic (exact) mass is 253 g/mol. The third kappa shape index (κ3) is 3.45. The van der Waals surface area contributed by atoms with Crippen LogP contribution in [0.15, 0.2) is 66.7 Å². The van der Waals surface area contributed by atoms with Gasteiger partial charge in [0.1, 0.15) is 0 Å². The maximum Gasteiger partial charge on any atom is 0.332 e. The van der Waals surface area contributed by atoms with E-state index in [1.807, 2.05) is 42.5 Å². The molecule has 3 heteroatoms. The molecule has 0 aliphatic rings. The van der Waals surface area contributed by atoms with Gasteiger partial charge in [-0.05, 0) is 23.3 Å². The van der Waals surface area contributed by atoms with Crippen molar-refractivity contribution in [2.45, 2.75) is 0 Å². The first kappa shape index (κ1) is 12.9. The minimum absolute atomic E-state index is 0.145. The summed E-state index contributed by atoms with van der Waals surface area (Å²) < 4.78 is 0. The Bertz CT molecular complexity index is 573. The largest absolute Gasteiger partial charge is 0.478 e. The molecule has 2 aromatic rings. The van der Waals surface area contributed by atoms with Crippen LogP contribution >= 0.6 is 0 Å². The summed E-state index contributed by atoms with van der Waals surface area (Å²) in [5.74, 6) is -0.978. The predicted molar refractivity (Wildman–Crippen MR) is 77.1 cm³/mol. The van der Waals surface area contributed by atoms with E-state index >= 15 is 0 Å². The van der Waals surface area contributed by atoms with Crippen molar-refractivity contribution in [3.8, 4) is 11.1 Å². The first-order chi connectivity index (χ1) is 9.16. The topological polar surface area (TPSA) is 49.3 Å². The third-order valence-electron chi connectivity index (χ3n) is 2.80. The second kappa shape index (κ2) is 5.87. The van der Waals surface area contributed by atoms with Crippen molar-refractivity contribution in [2.75, 3.05) is 11.9 Å². The number of rotatable bonds is 5. The van der Waals surface area contributed by atoms with Crippen LogP contribution in [0.4, 0.5) is 5.69 Å². The number of hydrogen-bond donors (Lipinski definition) is 2. The summed E-state index contributed by atoms with van der Waals surface area (Å²) in [5.41, 5.74) is 3.31. The van der Waals surface area contributed by atoms with E-state index in [9.17, 15) is 4.79 Å². The molecule has 0 spiro atoms. The Hall–Kier alpha value is -2.55. The molecule has 0 aliphatic heterocycles. The van der Waals surface area contributed by atoms with Gasteiger partial charge in [0.25, 0.3) is 0 Å². The maximum atomic E-state index is 10.6. The Morgan fingerprint density at radius 2 is 1.58 bits per heavy atom. The molecule has 2 rings (SSSR count). The van der Waals surface area contributed by atoms with E-state index in [0.717, 1.165) is 16.8 Å². The number of carboxylic acid groups (broad SMARTS) is 1. The summed E-state index contributed by atoms with van der Waals surface area (Å²) in [6.07, 6.45) is 0. The number of aliphatic carboxylic acids is 1. The fourth-order valence-electron chi connectivity index (χ4n) is 1.70. The molecule has 0 fully saturated rings. The molecule has 2 aromatic carbocycles. The third-order valence-corrected chi connectivity index (χ3v) is 2.80. The molecular formula is C16H15NO2. The quantitative estimate of drug-likeness (QED) is 0.803. The first-order valence-corrected chi connectivity index (χ1v) is 5.97. The Balaban J connectivity index is 2.03. The van der Waals surface area contributed by atoms with Gasteiger partial charge >= 0.3 is 5.97 Å². The normalized spacial score (nSPS) is 9.89. The van der Waals surface area contributed by atoms with E-state index in [4.69, 9.17) is 5.11 Å². The van der Waals surface area contributed by atoms with Gasteiger partial charge in [-0.3, -0.25) is 0 Å². The van der Waals surface area contributed by atoms with Crippen molar-refractivity contribution in [1.82, 2.24) is 0 Å². The summed E-state index contributed by atoms with van der Waals surface area (Å²) in [5, 5.41) is 11.7. The molecule has 3 nitrogen and oxygen atoms in total. The van der Waals surface area contributed by atoms with Crippen LogP contribution in [0.3, 0.4) is 0 Å². The Morgan fingerprint density at radius 3 is 2.16 bits per heavy atom. The molecule has 0 aromatic heterocycles. The van der Waals surface area contributed by atoms with Crippen molar-refractivity contribution in [3.63, 3.8) is 0 Å². The molecule has 19 heavy (non-hydrogen) atoms. The van der Waals surface area contributed by atoms with Crippen molar-refractivity contribution in [3.05, 3.63) is 66.7 Å². The summed E-state index contributed by atoms with van der Waals surface area (Å²) in [7, 11) is 0. The number of carboxylic acids is 1. The average Bonchev–Trinajstić information content (AvgIpc) is 2.46. The molecule has 0 saturated carbocycles. The van der Waals surface area contributed by atoms with Gasteiger partial charge in [-0.2, -0.15) is 0 Å². The van der Waals surface area contributed by atoms with Gasteiger partial charge in [0.2, 0.25) is 0 Å². The molecule has 0 aliphatic carbocycles. The standard InChI is InChI=1S/C16H15NO2/c1-12(16(18)19)11-17-15-9-7-14(8-10-15)13-5-3-2-4-6-13/h2-10,17H,1,11H2,(H,18,19). The highest BCUT2D eigenvalue weighted by Crippen LogP contribution is 2.20. The van der Waals surface area contributed by atoms with Crippen LogP contribution in [0, 0.1) is 0 Å². The number of nitrogens with one attached hydrogen (secondary N) is 1. The van der Waals surface area contributed by atoms with Gasteiger partial charge in [0.15, 0.2) is 0 Å². The van der Waals surface area contributed by atoms with Gasteiger partial charge in [0.05, 0.1) is 0 Å². The maximum absolute atomic E-state index is 10.6. The molecule has 96 valence electrons. The number of carbonyl (C=O) groups is 1. The first-order valence-electron chi connectivity index (χ1n) is 5.97. The highest BCUT2D eigenvalue weighted by Gasteiger charge is 2.03. The second-order valence-corrected chi connectivity index (χ2v) is 4.21. The lowest BCUT2D eigenvalue weighted by atomic mass is 10.1. The van der Waals surface area contributed by atoms with Crippen LogP contribution in [0.25, 0.3) is 11.1 Å². The summed E-state index contributed by atoms with van der Waals surface area (Å²) in [4.78, 5) is 10.6. The highest BCUT2D eigenvalue weighted by molar-refractivity contribution is 5.86. The van der Waals surface area contributed by atoms with Crippen LogP contribution < -0.4 is 5.32 Å². The minimum atomic E-state index is -0.978. The highest BCUT2D eigenvalue weighted by atomic mass is 16.4. The molecular weight excluding hydrogens is 238 g/mol. The SMILES string of the molecule is C=C(CNc1ccc(-c2ccccc2)cc1)C(=O)O. The molecule has 0 radical (unpaired) electrons. The Labute approximate surface area is 112 Å². The Kier molecular flexibility index (Phi) is 3.98. The van der Waals surface area contributed by atoms with Crippen LogP contribution in [0.2, 0.25) is 0 Å². The van der Waals surface area contributed by atoms with Crippen LogP contribution in [0.1, 0.15) is 0 Å². The van der Waals surface area contributed by atoms with E-state index in [2.05, 4.69) is 24.0 Å². The fourth-order valence-corrected chi connectivity index (χ4v) is 1.70. The summed E-state index contributed by atoms with van der Waals surface area (Å²) >= 11 is 0. The van der Waals surface area contributed by atoms with Gasteiger partial charge in [-0.15, -0.1) is 0 Å². The molecule has 0 atom stereocenters. The van der Waals surface area contributed by atoms with Crippen molar-refractivity contribution in [1.29, 1.82) is 0 Å². The van der Waals surface area contributed by atoms with E-state index < -0.39 is 5.97 Å². The van der Waals surface area contributed by atoms with E-state index in [1.54, 1.807) is 0 Å². The zero-order chi connectivity index (χ0) is 13.7. The lowest BCUT2D eigenvalue weighted by molar-refractivity contribution is -0.132. The van der Waals surface area contributed by atoms with Crippen LogP contribution in [-0.2, 0) is 4.79 Å². The molecule has 0 saturated heterocycles. The van der Waals surface area contributed by atoms with Gasteiger partial charge in [0, 0.05) is 17.8 Å². The lowest BCUT2D eigenvalue weighted by Crippen LogP contribution is -2.10. The van der Waals surface area contributed by atoms with Crippen molar-refractivity contribution >= 4 is 11.7 Å². The smallest absolute Gasteiger partial charge is 0.332 e. The average molecular weight is 253 g/mol. The van der Waals surface area contributed by atoms with Gasteiger partial charge in [-0.1, -0.05) is 49.0 Å². The number of hydrogen-bond acceptors (Lipinski definition) is 2. The second-order valence-electron chi connectivity index (χ2n) is 4.21. The van der Waals surface area contributed by atoms with Crippen molar-refractivity contribution < 1.29 is 9.90 Å². The predicted octanol–water partition coefficient (Wildman–Crippen LogP) is 3.41. The zero-order valence-corrected chi connectivity index (χ0v) is 10.5. The molecule has 0 unspecified atom stereocenters. The van der Waals surface area contributed by atoms with E-state index in [0.29, 0.717) is 0 Å². The van der Waals surface area contributed by atoms with E-state index in [1.165, 1.54) is 0 Å². The van der Waals surface area contributed by atoms with Crippen LogP contribution in [0.5, 0.6) is 0 Å². The number of benzene rings is 2. The molecule has 0 bridgehead atoms. The van der Waals surface area contributed by atoms with Crippen molar-refractivity contribution in [2.24, 2.45) is 0 Å². The lowest BCUT2D eigenvalue weighted by Gasteiger charge is -2.07. The summed E-state index contributed by atoms with van der Waals surface area (Å²) in [6.45, 7) is 3.71. The Morgan fingerprint density at radius 1 is 1.00 bits per heavy atom. The molecule has 0 heterocycles. The molecule has 2 N–H and O–H groups in total. The number of anilines is 1. The minimum Gasteiger partial charge on any atom is -0.478 e. The van der Waals surface area contributed by atoms with Gasteiger partial charge < -0.3 is 10.4 Å². The fraction of sp³-hybridized carbons (Fsp3) is 0.0625. The molecule has 0 amide bonds. The summed E-state index contributed by atoms with van der Waals surface area (Å²) in [6, 6.07) is 17.9.